The zero-order valence-electron chi connectivity index (χ0n) is 21.4. The molecule has 0 spiro atoms. The number of benzene rings is 2. The van der Waals surface area contributed by atoms with Gasteiger partial charge in [-0.2, -0.15) is 0 Å². The van der Waals surface area contributed by atoms with Gasteiger partial charge in [0, 0.05) is 56.4 Å². The normalized spacial score (nSPS) is 23.1. The maximum Gasteiger partial charge on any atom is 0.257 e. The number of nitrogens with zero attached hydrogens (tertiary/aromatic N) is 2. The number of hydrogen-bond donors (Lipinski definition) is 1. The van der Waals surface area contributed by atoms with Crippen LogP contribution in [-0.2, 0) is 9.53 Å². The number of carbonyl (C=O) groups excluding carboxylic acids is 3. The van der Waals surface area contributed by atoms with Crippen molar-refractivity contribution in [3.8, 4) is 5.75 Å². The lowest BCUT2D eigenvalue weighted by molar-refractivity contribution is -0.136. The van der Waals surface area contributed by atoms with Crippen molar-refractivity contribution in [3.63, 3.8) is 0 Å². The van der Waals surface area contributed by atoms with Crippen molar-refractivity contribution in [3.05, 3.63) is 59.7 Å². The average Bonchev–Trinajstić information content (AvgIpc) is 3.73. The van der Waals surface area contributed by atoms with E-state index < -0.39 is 0 Å². The van der Waals surface area contributed by atoms with Gasteiger partial charge in [0.25, 0.3) is 11.8 Å². The Morgan fingerprint density at radius 2 is 1.78 bits per heavy atom. The van der Waals surface area contributed by atoms with Gasteiger partial charge >= 0.3 is 0 Å². The molecule has 2 aromatic carbocycles. The Bertz CT molecular complexity index is 1100. The van der Waals surface area contributed by atoms with E-state index in [9.17, 15) is 14.4 Å². The highest BCUT2D eigenvalue weighted by atomic mass is 16.5. The number of methoxy groups -OCH3 is 1. The van der Waals surface area contributed by atoms with Crippen LogP contribution in [0.3, 0.4) is 0 Å². The molecule has 3 atom stereocenters. The molecule has 8 nitrogen and oxygen atoms in total. The van der Waals surface area contributed by atoms with Gasteiger partial charge in [0.15, 0.2) is 0 Å². The molecule has 2 aromatic rings. The van der Waals surface area contributed by atoms with Crippen LogP contribution in [0.4, 0.5) is 5.69 Å². The van der Waals surface area contributed by atoms with Crippen LogP contribution in [0, 0.1) is 11.8 Å². The van der Waals surface area contributed by atoms with Crippen molar-refractivity contribution in [2.45, 2.75) is 38.8 Å². The van der Waals surface area contributed by atoms with Gasteiger partial charge < -0.3 is 24.6 Å². The van der Waals surface area contributed by atoms with Gasteiger partial charge in [0.2, 0.25) is 5.91 Å². The third-order valence-electron chi connectivity index (χ3n) is 6.95. The molecule has 1 aliphatic carbocycles. The number of ether oxygens (including phenoxy) is 2. The molecule has 8 heteroatoms. The van der Waals surface area contributed by atoms with E-state index in [1.807, 2.05) is 17.9 Å². The summed E-state index contributed by atoms with van der Waals surface area (Å²) in [5, 5.41) is 2.88. The van der Waals surface area contributed by atoms with Crippen LogP contribution < -0.4 is 10.1 Å². The van der Waals surface area contributed by atoms with Crippen LogP contribution >= 0.6 is 0 Å². The molecule has 0 bridgehead atoms. The van der Waals surface area contributed by atoms with Crippen molar-refractivity contribution in [2.75, 3.05) is 39.2 Å². The number of rotatable bonds is 4. The first-order valence-electron chi connectivity index (χ1n) is 12.5. The zero-order valence-corrected chi connectivity index (χ0v) is 21.4. The fraction of sp³-hybridized carbons (Fsp3) is 0.464. The van der Waals surface area contributed by atoms with E-state index in [2.05, 4.69) is 12.2 Å². The number of carbonyl (C=O) groups is 3. The number of fused-ring (bicyclic) bond motifs is 1. The van der Waals surface area contributed by atoms with Gasteiger partial charge in [-0.25, -0.2) is 0 Å². The van der Waals surface area contributed by atoms with E-state index in [4.69, 9.17) is 9.47 Å². The summed E-state index contributed by atoms with van der Waals surface area (Å²) in [5.74, 6) is 0.192. The highest BCUT2D eigenvalue weighted by Crippen LogP contribution is 2.33. The molecule has 4 rings (SSSR count). The lowest BCUT2D eigenvalue weighted by Gasteiger charge is -2.36. The number of amides is 3. The largest absolute Gasteiger partial charge is 0.491 e. The van der Waals surface area contributed by atoms with Gasteiger partial charge in [-0.05, 0) is 44.0 Å². The van der Waals surface area contributed by atoms with E-state index in [0.29, 0.717) is 35.7 Å². The van der Waals surface area contributed by atoms with Crippen molar-refractivity contribution >= 4 is 23.4 Å². The predicted octanol–water partition coefficient (Wildman–Crippen LogP) is 3.68. The molecule has 0 radical (unpaired) electrons. The first-order chi connectivity index (χ1) is 17.3. The van der Waals surface area contributed by atoms with Crippen LogP contribution in [0.5, 0.6) is 5.75 Å². The number of nitrogens with one attached hydrogen (secondary N) is 1. The Hall–Kier alpha value is -3.39. The standard InChI is InChI=1S/C28H35N3O5/c1-18-15-31(27(33)21-10-11-21)19(2)17-36-24-14-22(29-26(32)20-8-6-5-7-9-20)12-13-23(24)28(34)30(3)16-25(18)35-4/h5-9,12-14,18-19,21,25H,10-11,15-17H2,1-4H3,(H,29,32)/t18-,19-,25-/m0/s1. The second kappa shape index (κ2) is 11.1. The minimum atomic E-state index is -0.251. The van der Waals surface area contributed by atoms with E-state index >= 15 is 0 Å². The molecule has 36 heavy (non-hydrogen) atoms. The summed E-state index contributed by atoms with van der Waals surface area (Å²) in [5.41, 5.74) is 1.45. The molecule has 0 saturated heterocycles. The van der Waals surface area contributed by atoms with Crippen molar-refractivity contribution in [1.82, 2.24) is 9.80 Å². The molecule has 1 heterocycles. The van der Waals surface area contributed by atoms with Gasteiger partial charge in [0.05, 0.1) is 17.7 Å². The van der Waals surface area contributed by atoms with E-state index in [1.54, 1.807) is 61.5 Å². The molecule has 3 amide bonds. The Morgan fingerprint density at radius 3 is 2.44 bits per heavy atom. The van der Waals surface area contributed by atoms with Gasteiger partial charge in [0.1, 0.15) is 12.4 Å². The minimum absolute atomic E-state index is 0.0323. The summed E-state index contributed by atoms with van der Waals surface area (Å²) in [4.78, 5) is 42.7. The second-order valence-electron chi connectivity index (χ2n) is 9.89. The summed E-state index contributed by atoms with van der Waals surface area (Å²) < 4.78 is 11.9. The molecule has 0 aromatic heterocycles. The summed E-state index contributed by atoms with van der Waals surface area (Å²) in [7, 11) is 3.37. The predicted molar refractivity (Wildman–Crippen MR) is 137 cm³/mol. The average molecular weight is 494 g/mol. The zero-order chi connectivity index (χ0) is 25.8. The topological polar surface area (TPSA) is 88.2 Å². The van der Waals surface area contributed by atoms with Crippen molar-refractivity contribution in [1.29, 1.82) is 0 Å². The Kier molecular flexibility index (Phi) is 7.94. The molecule has 192 valence electrons. The third-order valence-corrected chi connectivity index (χ3v) is 6.95. The van der Waals surface area contributed by atoms with Crippen molar-refractivity contribution < 1.29 is 23.9 Å². The highest BCUT2D eigenvalue weighted by molar-refractivity contribution is 6.05. The fourth-order valence-corrected chi connectivity index (χ4v) is 4.51. The van der Waals surface area contributed by atoms with Crippen LogP contribution in [0.25, 0.3) is 0 Å². The Balaban J connectivity index is 1.63. The maximum absolute atomic E-state index is 13.4. The molecule has 0 unspecified atom stereocenters. The lowest BCUT2D eigenvalue weighted by Crippen LogP contribution is -2.49. The van der Waals surface area contributed by atoms with Crippen LogP contribution in [0.1, 0.15) is 47.4 Å². The second-order valence-corrected chi connectivity index (χ2v) is 9.89. The van der Waals surface area contributed by atoms with Gasteiger partial charge in [-0.3, -0.25) is 14.4 Å². The van der Waals surface area contributed by atoms with Gasteiger partial charge in [-0.1, -0.05) is 25.1 Å². The van der Waals surface area contributed by atoms with Crippen molar-refractivity contribution in [2.24, 2.45) is 11.8 Å². The molecule has 1 fully saturated rings. The third kappa shape index (κ3) is 5.87. The van der Waals surface area contributed by atoms with E-state index in [0.717, 1.165) is 12.8 Å². The summed E-state index contributed by atoms with van der Waals surface area (Å²) >= 11 is 0. The van der Waals surface area contributed by atoms with E-state index in [1.165, 1.54) is 0 Å². The highest BCUT2D eigenvalue weighted by Gasteiger charge is 2.37. The first kappa shape index (κ1) is 25.7. The van der Waals surface area contributed by atoms with Crippen LogP contribution in [-0.4, -0.2) is 73.5 Å². The lowest BCUT2D eigenvalue weighted by atomic mass is 10.0. The first-order valence-corrected chi connectivity index (χ1v) is 12.5. The quantitative estimate of drug-likeness (QED) is 0.702. The Labute approximate surface area is 212 Å². The molecule has 1 aliphatic heterocycles. The van der Waals surface area contributed by atoms with Crippen LogP contribution in [0.15, 0.2) is 48.5 Å². The molecule has 1 saturated carbocycles. The summed E-state index contributed by atoms with van der Waals surface area (Å²) in [6.45, 7) is 5.15. The minimum Gasteiger partial charge on any atom is -0.491 e. The molecular formula is C28H35N3O5. The van der Waals surface area contributed by atoms with Crippen LogP contribution in [0.2, 0.25) is 0 Å². The van der Waals surface area contributed by atoms with Gasteiger partial charge in [-0.15, -0.1) is 0 Å². The number of anilines is 1. The van der Waals surface area contributed by atoms with E-state index in [-0.39, 0.29) is 48.3 Å². The molecular weight excluding hydrogens is 458 g/mol. The molecule has 1 N–H and O–H groups in total. The summed E-state index contributed by atoms with van der Waals surface area (Å²) in [6, 6.07) is 13.8. The Morgan fingerprint density at radius 1 is 1.06 bits per heavy atom. The maximum atomic E-state index is 13.4. The summed E-state index contributed by atoms with van der Waals surface area (Å²) in [6.07, 6.45) is 1.62. The SMILES string of the molecule is CO[C@H]1CN(C)C(=O)c2ccc(NC(=O)c3ccccc3)cc2OC[C@H](C)N(C(=O)C2CC2)C[C@@H]1C. The number of hydrogen-bond acceptors (Lipinski definition) is 5. The monoisotopic (exact) mass is 493 g/mol. The number of likely N-dealkylation sites (N-methyl/N-ethyl adjacent to an activating group) is 1. The molecule has 2 aliphatic rings. The smallest absolute Gasteiger partial charge is 0.257 e. The fourth-order valence-electron chi connectivity index (χ4n) is 4.51.